The summed E-state index contributed by atoms with van der Waals surface area (Å²) in [5.74, 6) is -0.496. The summed E-state index contributed by atoms with van der Waals surface area (Å²) in [6.07, 6.45) is 1.40. The molecule has 1 amide bonds. The molecule has 1 atom stereocenters. The van der Waals surface area contributed by atoms with Gasteiger partial charge in [-0.3, -0.25) is 4.79 Å². The number of carbonyl (C=O) groups is 1. The molecule has 1 unspecified atom stereocenters. The Labute approximate surface area is 131 Å². The van der Waals surface area contributed by atoms with Crippen molar-refractivity contribution in [1.29, 1.82) is 0 Å². The maximum atomic E-state index is 12.0. The van der Waals surface area contributed by atoms with Crippen LogP contribution < -0.4 is 16.2 Å². The van der Waals surface area contributed by atoms with Gasteiger partial charge in [-0.2, -0.15) is 0 Å². The molecule has 0 fully saturated rings. The third kappa shape index (κ3) is 6.90. The SMILES string of the molecule is CCCC(C)(N)C(=O)Nc1ccc(CS(N)(=O)=O)cc1.Cl. The number of carbonyl (C=O) groups excluding carboxylic acids is 1. The Kier molecular flexibility index (Phi) is 7.32. The summed E-state index contributed by atoms with van der Waals surface area (Å²) in [4.78, 5) is 12.0. The van der Waals surface area contributed by atoms with Crippen LogP contribution in [0.15, 0.2) is 24.3 Å². The first kappa shape index (κ1) is 19.9. The van der Waals surface area contributed by atoms with Crippen LogP contribution in [0, 0.1) is 0 Å². The molecule has 5 N–H and O–H groups in total. The Hall–Kier alpha value is -1.15. The van der Waals surface area contributed by atoms with Crippen LogP contribution >= 0.6 is 12.4 Å². The number of hydrogen-bond donors (Lipinski definition) is 3. The Morgan fingerprint density at radius 3 is 2.24 bits per heavy atom. The zero-order valence-corrected chi connectivity index (χ0v) is 13.8. The Bertz CT molecular complexity index is 571. The summed E-state index contributed by atoms with van der Waals surface area (Å²) < 4.78 is 21.9. The molecule has 0 saturated heterocycles. The van der Waals surface area contributed by atoms with Gasteiger partial charge < -0.3 is 11.1 Å². The molecule has 0 aliphatic carbocycles. The van der Waals surface area contributed by atoms with Crippen molar-refractivity contribution >= 4 is 34.0 Å². The molecule has 0 radical (unpaired) electrons. The van der Waals surface area contributed by atoms with E-state index in [1.807, 2.05) is 6.92 Å². The normalized spacial score (nSPS) is 13.9. The van der Waals surface area contributed by atoms with Crippen molar-refractivity contribution in [3.05, 3.63) is 29.8 Å². The molecule has 6 nitrogen and oxygen atoms in total. The van der Waals surface area contributed by atoms with Crippen molar-refractivity contribution in [3.63, 3.8) is 0 Å². The molecule has 0 saturated carbocycles. The van der Waals surface area contributed by atoms with E-state index >= 15 is 0 Å². The van der Waals surface area contributed by atoms with E-state index in [-0.39, 0.29) is 24.1 Å². The minimum Gasteiger partial charge on any atom is -0.325 e. The minimum atomic E-state index is -3.55. The molecule has 8 heteroatoms. The van der Waals surface area contributed by atoms with Gasteiger partial charge in [-0.05, 0) is 31.0 Å². The number of nitrogens with two attached hydrogens (primary N) is 2. The second-order valence-corrected chi connectivity index (χ2v) is 6.74. The van der Waals surface area contributed by atoms with Gasteiger partial charge in [0.15, 0.2) is 0 Å². The fraction of sp³-hybridized carbons (Fsp3) is 0.462. The maximum absolute atomic E-state index is 12.0. The molecule has 1 rings (SSSR count). The summed E-state index contributed by atoms with van der Waals surface area (Å²) in [6, 6.07) is 6.46. The van der Waals surface area contributed by atoms with Crippen molar-refractivity contribution in [2.24, 2.45) is 10.9 Å². The summed E-state index contributed by atoms with van der Waals surface area (Å²) in [5, 5.41) is 7.68. The lowest BCUT2D eigenvalue weighted by atomic mass is 9.96. The van der Waals surface area contributed by atoms with Crippen molar-refractivity contribution < 1.29 is 13.2 Å². The van der Waals surface area contributed by atoms with Gasteiger partial charge in [-0.25, -0.2) is 13.6 Å². The third-order valence-electron chi connectivity index (χ3n) is 2.87. The molecule has 120 valence electrons. The number of halogens is 1. The number of primary sulfonamides is 1. The van der Waals surface area contributed by atoms with Crippen LogP contribution in [-0.2, 0) is 20.6 Å². The lowest BCUT2D eigenvalue weighted by Gasteiger charge is -2.22. The second-order valence-electron chi connectivity index (χ2n) is 5.13. The summed E-state index contributed by atoms with van der Waals surface area (Å²) in [5.41, 5.74) is 6.14. The highest BCUT2D eigenvalue weighted by Gasteiger charge is 2.27. The monoisotopic (exact) mass is 335 g/mol. The van der Waals surface area contributed by atoms with Crippen LogP contribution in [0.5, 0.6) is 0 Å². The van der Waals surface area contributed by atoms with Gasteiger partial charge in [0.1, 0.15) is 0 Å². The van der Waals surface area contributed by atoms with Gasteiger partial charge in [0.2, 0.25) is 15.9 Å². The molecule has 1 aromatic rings. The highest BCUT2D eigenvalue weighted by molar-refractivity contribution is 7.88. The largest absolute Gasteiger partial charge is 0.325 e. The number of hydrogen-bond acceptors (Lipinski definition) is 4. The molecule has 0 aliphatic heterocycles. The van der Waals surface area contributed by atoms with E-state index < -0.39 is 15.6 Å². The third-order valence-corrected chi connectivity index (χ3v) is 3.60. The van der Waals surface area contributed by atoms with Gasteiger partial charge in [-0.15, -0.1) is 12.4 Å². The number of sulfonamides is 1. The maximum Gasteiger partial charge on any atom is 0.244 e. The van der Waals surface area contributed by atoms with E-state index in [9.17, 15) is 13.2 Å². The number of nitrogens with one attached hydrogen (secondary N) is 1. The first-order valence-corrected chi connectivity index (χ1v) is 8.05. The Morgan fingerprint density at radius 1 is 1.29 bits per heavy atom. The first-order chi connectivity index (χ1) is 9.14. The van der Waals surface area contributed by atoms with Crippen LogP contribution in [0.2, 0.25) is 0 Å². The molecular weight excluding hydrogens is 314 g/mol. The number of rotatable bonds is 6. The van der Waals surface area contributed by atoms with E-state index in [0.717, 1.165) is 6.42 Å². The molecule has 0 bridgehead atoms. The molecule has 1 aromatic carbocycles. The van der Waals surface area contributed by atoms with Gasteiger partial charge in [0, 0.05) is 5.69 Å². The van der Waals surface area contributed by atoms with Crippen LogP contribution in [0.1, 0.15) is 32.3 Å². The smallest absolute Gasteiger partial charge is 0.244 e. The summed E-state index contributed by atoms with van der Waals surface area (Å²) in [7, 11) is -3.55. The Balaban J connectivity index is 0.00000400. The quantitative estimate of drug-likeness (QED) is 0.727. The second kappa shape index (κ2) is 7.74. The number of amides is 1. The van der Waals surface area contributed by atoms with Crippen LogP contribution in [0.3, 0.4) is 0 Å². The van der Waals surface area contributed by atoms with Crippen molar-refractivity contribution in [3.8, 4) is 0 Å². The van der Waals surface area contributed by atoms with E-state index in [1.165, 1.54) is 0 Å². The molecule has 0 aliphatic rings. The molecule has 0 aromatic heterocycles. The zero-order valence-electron chi connectivity index (χ0n) is 12.1. The van der Waals surface area contributed by atoms with Crippen LogP contribution in [-0.4, -0.2) is 19.9 Å². The Morgan fingerprint density at radius 2 is 1.81 bits per heavy atom. The van der Waals surface area contributed by atoms with Crippen LogP contribution in [0.4, 0.5) is 5.69 Å². The van der Waals surface area contributed by atoms with Gasteiger partial charge in [0.05, 0.1) is 11.3 Å². The molecular formula is C13H22ClN3O3S. The van der Waals surface area contributed by atoms with Gasteiger partial charge in [0.25, 0.3) is 0 Å². The van der Waals surface area contributed by atoms with Gasteiger partial charge >= 0.3 is 0 Å². The minimum absolute atomic E-state index is 0. The predicted molar refractivity (Wildman–Crippen MR) is 86.6 cm³/mol. The number of benzene rings is 1. The van der Waals surface area contributed by atoms with E-state index in [1.54, 1.807) is 31.2 Å². The lowest BCUT2D eigenvalue weighted by Crippen LogP contribution is -2.48. The summed E-state index contributed by atoms with van der Waals surface area (Å²) in [6.45, 7) is 3.64. The molecule has 21 heavy (non-hydrogen) atoms. The highest BCUT2D eigenvalue weighted by atomic mass is 35.5. The standard InChI is InChI=1S/C13H21N3O3S.ClH/c1-3-8-13(2,14)12(17)16-11-6-4-10(5-7-11)9-20(15,18)19;/h4-7H,3,8-9,14H2,1-2H3,(H,16,17)(H2,15,18,19);1H. The topological polar surface area (TPSA) is 115 Å². The van der Waals surface area contributed by atoms with Gasteiger partial charge in [-0.1, -0.05) is 25.5 Å². The van der Waals surface area contributed by atoms with E-state index in [2.05, 4.69) is 5.32 Å². The fourth-order valence-corrected chi connectivity index (χ4v) is 2.48. The average Bonchev–Trinajstić information content (AvgIpc) is 2.29. The summed E-state index contributed by atoms with van der Waals surface area (Å²) >= 11 is 0. The fourth-order valence-electron chi connectivity index (χ4n) is 1.82. The van der Waals surface area contributed by atoms with Crippen molar-refractivity contribution in [1.82, 2.24) is 0 Å². The predicted octanol–water partition coefficient (Wildman–Crippen LogP) is 1.35. The van der Waals surface area contributed by atoms with Crippen LogP contribution in [0.25, 0.3) is 0 Å². The van der Waals surface area contributed by atoms with Crippen molar-refractivity contribution in [2.75, 3.05) is 5.32 Å². The molecule has 0 heterocycles. The van der Waals surface area contributed by atoms with E-state index in [4.69, 9.17) is 10.9 Å². The van der Waals surface area contributed by atoms with E-state index in [0.29, 0.717) is 17.7 Å². The highest BCUT2D eigenvalue weighted by Crippen LogP contribution is 2.15. The molecule has 0 spiro atoms. The van der Waals surface area contributed by atoms with Crippen molar-refractivity contribution in [2.45, 2.75) is 38.0 Å². The lowest BCUT2D eigenvalue weighted by molar-refractivity contribution is -0.120. The first-order valence-electron chi connectivity index (χ1n) is 6.34. The zero-order chi connectivity index (χ0) is 15.4. The number of anilines is 1. The average molecular weight is 336 g/mol.